The number of anilines is 1. The molecule has 160 valence electrons. The first-order chi connectivity index (χ1) is 15.4. The Morgan fingerprint density at radius 1 is 1.16 bits per heavy atom. The van der Waals surface area contributed by atoms with Crippen molar-refractivity contribution in [2.24, 2.45) is 0 Å². The van der Waals surface area contributed by atoms with Crippen LogP contribution >= 0.6 is 15.9 Å². The molecule has 1 amide bonds. The zero-order valence-corrected chi connectivity index (χ0v) is 18.6. The summed E-state index contributed by atoms with van der Waals surface area (Å²) in [5.41, 5.74) is 3.10. The highest BCUT2D eigenvalue weighted by Crippen LogP contribution is 2.28. The summed E-state index contributed by atoms with van der Waals surface area (Å²) in [6, 6.07) is 20.5. The summed E-state index contributed by atoms with van der Waals surface area (Å²) in [5, 5.41) is 22.8. The topological polar surface area (TPSA) is 105 Å². The van der Waals surface area contributed by atoms with Gasteiger partial charge in [-0.05, 0) is 76.5 Å². The third kappa shape index (κ3) is 6.03. The van der Waals surface area contributed by atoms with Crippen molar-refractivity contribution in [1.29, 1.82) is 5.26 Å². The van der Waals surface area contributed by atoms with Gasteiger partial charge in [0.1, 0.15) is 24.0 Å². The van der Waals surface area contributed by atoms with Crippen LogP contribution in [-0.2, 0) is 11.4 Å². The Kier molecular flexibility index (Phi) is 7.37. The molecule has 32 heavy (non-hydrogen) atoms. The second-order valence-electron chi connectivity index (χ2n) is 6.89. The molecule has 0 aromatic heterocycles. The van der Waals surface area contributed by atoms with Crippen LogP contribution < -0.4 is 10.1 Å². The second kappa shape index (κ2) is 10.4. The van der Waals surface area contributed by atoms with Crippen molar-refractivity contribution in [3.63, 3.8) is 0 Å². The van der Waals surface area contributed by atoms with Crippen molar-refractivity contribution in [3.05, 3.63) is 104 Å². The fraction of sp³-hybridized carbons (Fsp3) is 0.0833. The first kappa shape index (κ1) is 22.7. The lowest BCUT2D eigenvalue weighted by Gasteiger charge is -2.09. The van der Waals surface area contributed by atoms with Gasteiger partial charge in [0.25, 0.3) is 11.6 Å². The Hall–Kier alpha value is -3.96. The van der Waals surface area contributed by atoms with Gasteiger partial charge in [0.15, 0.2) is 0 Å². The smallest absolute Gasteiger partial charge is 0.269 e. The maximum Gasteiger partial charge on any atom is 0.269 e. The molecule has 0 bridgehead atoms. The molecule has 0 saturated carbocycles. The Labute approximate surface area is 193 Å². The molecule has 0 radical (unpaired) electrons. The molecular weight excluding hydrogens is 474 g/mol. The SMILES string of the molecule is Cc1ccc(NC(=O)/C(C#N)=C/c2ccc(OCc3ccc([N+](=O)[O-])cc3)c(Br)c2)cc1. The summed E-state index contributed by atoms with van der Waals surface area (Å²) >= 11 is 3.43. The van der Waals surface area contributed by atoms with Crippen molar-refractivity contribution in [3.8, 4) is 11.8 Å². The van der Waals surface area contributed by atoms with Crippen LogP contribution in [0, 0.1) is 28.4 Å². The largest absolute Gasteiger partial charge is 0.488 e. The van der Waals surface area contributed by atoms with Gasteiger partial charge in [-0.2, -0.15) is 5.26 Å². The van der Waals surface area contributed by atoms with Gasteiger partial charge in [-0.15, -0.1) is 0 Å². The fourth-order valence-corrected chi connectivity index (χ4v) is 3.26. The van der Waals surface area contributed by atoms with E-state index in [-0.39, 0.29) is 17.9 Å². The van der Waals surface area contributed by atoms with E-state index >= 15 is 0 Å². The Morgan fingerprint density at radius 3 is 2.44 bits per heavy atom. The van der Waals surface area contributed by atoms with Crippen LogP contribution in [0.5, 0.6) is 5.75 Å². The summed E-state index contributed by atoms with van der Waals surface area (Å²) in [6.07, 6.45) is 1.49. The number of nitro benzene ring substituents is 1. The molecule has 3 rings (SSSR count). The molecule has 0 unspecified atom stereocenters. The molecule has 0 saturated heterocycles. The third-order valence-corrected chi connectivity index (χ3v) is 5.10. The van der Waals surface area contributed by atoms with E-state index in [1.807, 2.05) is 25.1 Å². The lowest BCUT2D eigenvalue weighted by Crippen LogP contribution is -2.13. The minimum atomic E-state index is -0.494. The van der Waals surface area contributed by atoms with Gasteiger partial charge >= 0.3 is 0 Å². The highest BCUT2D eigenvalue weighted by Gasteiger charge is 2.11. The number of nitriles is 1. The summed E-state index contributed by atoms with van der Waals surface area (Å²) in [6.45, 7) is 2.18. The van der Waals surface area contributed by atoms with Gasteiger partial charge in [0.05, 0.1) is 9.40 Å². The molecule has 3 aromatic carbocycles. The van der Waals surface area contributed by atoms with Crippen molar-refractivity contribution >= 4 is 39.3 Å². The Bertz CT molecular complexity index is 1210. The summed E-state index contributed by atoms with van der Waals surface area (Å²) in [7, 11) is 0. The van der Waals surface area contributed by atoms with Crippen molar-refractivity contribution < 1.29 is 14.5 Å². The molecule has 0 fully saturated rings. The maximum absolute atomic E-state index is 12.4. The molecule has 0 heterocycles. The van der Waals surface area contributed by atoms with Gasteiger partial charge in [-0.25, -0.2) is 0 Å². The number of aryl methyl sites for hydroxylation is 1. The summed E-state index contributed by atoms with van der Waals surface area (Å²) in [4.78, 5) is 22.7. The van der Waals surface area contributed by atoms with Gasteiger partial charge in [0, 0.05) is 17.8 Å². The molecule has 0 aliphatic heterocycles. The minimum Gasteiger partial charge on any atom is -0.488 e. The molecule has 0 spiro atoms. The number of hydrogen-bond donors (Lipinski definition) is 1. The lowest BCUT2D eigenvalue weighted by molar-refractivity contribution is -0.384. The Balaban J connectivity index is 1.67. The highest BCUT2D eigenvalue weighted by atomic mass is 79.9. The van der Waals surface area contributed by atoms with E-state index in [0.717, 1.165) is 11.1 Å². The predicted octanol–water partition coefficient (Wildman–Crippen LogP) is 5.79. The normalized spacial score (nSPS) is 10.8. The third-order valence-electron chi connectivity index (χ3n) is 4.48. The number of nitro groups is 1. The van der Waals surface area contributed by atoms with E-state index < -0.39 is 10.8 Å². The number of hydrogen-bond acceptors (Lipinski definition) is 5. The van der Waals surface area contributed by atoms with Crippen LogP contribution in [0.4, 0.5) is 11.4 Å². The number of non-ortho nitro benzene ring substituents is 1. The van der Waals surface area contributed by atoms with Crippen LogP contribution in [-0.4, -0.2) is 10.8 Å². The van der Waals surface area contributed by atoms with Crippen LogP contribution in [0.3, 0.4) is 0 Å². The zero-order chi connectivity index (χ0) is 23.1. The first-order valence-electron chi connectivity index (χ1n) is 9.51. The van der Waals surface area contributed by atoms with Crippen molar-refractivity contribution in [1.82, 2.24) is 0 Å². The molecule has 3 aromatic rings. The van der Waals surface area contributed by atoms with Gasteiger partial charge in [-0.1, -0.05) is 23.8 Å². The van der Waals surface area contributed by atoms with Crippen LogP contribution in [0.1, 0.15) is 16.7 Å². The van der Waals surface area contributed by atoms with Gasteiger partial charge < -0.3 is 10.1 Å². The van der Waals surface area contributed by atoms with E-state index in [9.17, 15) is 20.2 Å². The van der Waals surface area contributed by atoms with E-state index in [1.54, 1.807) is 42.5 Å². The maximum atomic E-state index is 12.4. The Morgan fingerprint density at radius 2 is 1.84 bits per heavy atom. The number of rotatable bonds is 7. The number of ether oxygens (including phenoxy) is 1. The number of benzene rings is 3. The van der Waals surface area contributed by atoms with E-state index in [4.69, 9.17) is 4.74 Å². The second-order valence-corrected chi connectivity index (χ2v) is 7.75. The highest BCUT2D eigenvalue weighted by molar-refractivity contribution is 9.10. The van der Waals surface area contributed by atoms with Crippen molar-refractivity contribution in [2.75, 3.05) is 5.32 Å². The molecule has 7 nitrogen and oxygen atoms in total. The number of nitrogens with one attached hydrogen (secondary N) is 1. The van der Waals surface area contributed by atoms with Crippen molar-refractivity contribution in [2.45, 2.75) is 13.5 Å². The number of halogens is 1. The molecular formula is C24H18BrN3O4. The standard InChI is InChI=1S/C24H18BrN3O4/c1-16-2-7-20(8-3-16)27-24(29)19(14-26)12-18-6-11-23(22(25)13-18)32-15-17-4-9-21(10-5-17)28(30)31/h2-13H,15H2,1H3,(H,27,29)/b19-12+. The minimum absolute atomic E-state index is 0.0192. The van der Waals surface area contributed by atoms with E-state index in [1.165, 1.54) is 18.2 Å². The lowest BCUT2D eigenvalue weighted by atomic mass is 10.1. The fourth-order valence-electron chi connectivity index (χ4n) is 2.75. The van der Waals surface area contributed by atoms with E-state index in [2.05, 4.69) is 21.2 Å². The number of amides is 1. The quantitative estimate of drug-likeness (QED) is 0.195. The van der Waals surface area contributed by atoms with Gasteiger partial charge in [-0.3, -0.25) is 14.9 Å². The van der Waals surface area contributed by atoms with E-state index in [0.29, 0.717) is 21.5 Å². The molecule has 8 heteroatoms. The average molecular weight is 492 g/mol. The molecule has 0 atom stereocenters. The number of carbonyl (C=O) groups excluding carboxylic acids is 1. The van der Waals surface area contributed by atoms with Crippen LogP contribution in [0.2, 0.25) is 0 Å². The zero-order valence-electron chi connectivity index (χ0n) is 17.0. The average Bonchev–Trinajstić information content (AvgIpc) is 2.78. The molecule has 0 aliphatic carbocycles. The number of nitrogens with zero attached hydrogens (tertiary/aromatic N) is 2. The summed E-state index contributed by atoms with van der Waals surface area (Å²) < 4.78 is 6.41. The van der Waals surface area contributed by atoms with Gasteiger partial charge in [0.2, 0.25) is 0 Å². The summed E-state index contributed by atoms with van der Waals surface area (Å²) in [5.74, 6) is 0.0640. The predicted molar refractivity (Wildman–Crippen MR) is 125 cm³/mol. The number of carbonyl (C=O) groups is 1. The first-order valence-corrected chi connectivity index (χ1v) is 10.3. The molecule has 0 aliphatic rings. The van der Waals surface area contributed by atoms with Crippen LogP contribution in [0.15, 0.2) is 76.8 Å². The monoisotopic (exact) mass is 491 g/mol. The molecule has 1 N–H and O–H groups in total. The van der Waals surface area contributed by atoms with Crippen LogP contribution in [0.25, 0.3) is 6.08 Å².